The Morgan fingerprint density at radius 1 is 1.35 bits per heavy atom. The molecule has 0 saturated carbocycles. The van der Waals surface area contributed by atoms with Crippen molar-refractivity contribution < 1.29 is 14.3 Å². The van der Waals surface area contributed by atoms with E-state index in [1.807, 2.05) is 18.2 Å². The van der Waals surface area contributed by atoms with Crippen molar-refractivity contribution in [3.05, 3.63) is 23.8 Å². The summed E-state index contributed by atoms with van der Waals surface area (Å²) >= 11 is 0. The fraction of sp³-hybridized carbons (Fsp3) is 0.385. The average molecular weight is 233 g/mol. The minimum atomic E-state index is -0.390. The second kappa shape index (κ2) is 4.20. The summed E-state index contributed by atoms with van der Waals surface area (Å²) in [6, 6.07) is 5.14. The lowest BCUT2D eigenvalue weighted by atomic mass is 10.1. The first-order chi connectivity index (χ1) is 8.06. The first-order valence-corrected chi connectivity index (χ1v) is 5.52. The fourth-order valence-electron chi connectivity index (χ4n) is 2.34. The zero-order chi connectivity index (χ0) is 12.6. The summed E-state index contributed by atoms with van der Waals surface area (Å²) in [5.74, 6) is 0.619. The average Bonchev–Trinajstić information content (AvgIpc) is 2.67. The molecule has 1 aliphatic heterocycles. The highest BCUT2D eigenvalue weighted by molar-refractivity contribution is 6.02. The van der Waals surface area contributed by atoms with Gasteiger partial charge in [-0.05, 0) is 19.1 Å². The number of anilines is 1. The van der Waals surface area contributed by atoms with E-state index in [2.05, 4.69) is 0 Å². The van der Waals surface area contributed by atoms with Gasteiger partial charge in [0.15, 0.2) is 5.78 Å². The van der Waals surface area contributed by atoms with Crippen LogP contribution < -0.4 is 9.64 Å². The van der Waals surface area contributed by atoms with Crippen molar-refractivity contribution in [3.8, 4) is 5.75 Å². The van der Waals surface area contributed by atoms with Crippen molar-refractivity contribution in [1.82, 2.24) is 0 Å². The molecule has 0 aromatic heterocycles. The highest BCUT2D eigenvalue weighted by Crippen LogP contribution is 2.38. The van der Waals surface area contributed by atoms with Gasteiger partial charge >= 0.3 is 0 Å². The summed E-state index contributed by atoms with van der Waals surface area (Å²) in [6.45, 7) is 2.99. The van der Waals surface area contributed by atoms with Crippen molar-refractivity contribution in [1.29, 1.82) is 0 Å². The van der Waals surface area contributed by atoms with Gasteiger partial charge < -0.3 is 9.64 Å². The highest BCUT2D eigenvalue weighted by atomic mass is 16.5. The molecule has 4 heteroatoms. The molecular weight excluding hydrogens is 218 g/mol. The molecule has 0 spiro atoms. The van der Waals surface area contributed by atoms with Gasteiger partial charge in [-0.2, -0.15) is 0 Å². The van der Waals surface area contributed by atoms with Crippen molar-refractivity contribution in [2.75, 3.05) is 12.0 Å². The largest absolute Gasteiger partial charge is 0.496 e. The normalized spacial score (nSPS) is 17.8. The number of methoxy groups -OCH3 is 1. The molecule has 1 amide bonds. The maximum atomic E-state index is 11.7. The van der Waals surface area contributed by atoms with Crippen LogP contribution in [0.4, 0.5) is 5.69 Å². The van der Waals surface area contributed by atoms with Gasteiger partial charge in [0.05, 0.1) is 18.8 Å². The van der Waals surface area contributed by atoms with Crippen LogP contribution >= 0.6 is 0 Å². The van der Waals surface area contributed by atoms with E-state index in [0.29, 0.717) is 6.42 Å². The Balaban J connectivity index is 2.53. The van der Waals surface area contributed by atoms with Crippen LogP contribution in [0.15, 0.2) is 18.2 Å². The molecule has 1 heterocycles. The molecular formula is C13H15NO3. The van der Waals surface area contributed by atoms with E-state index in [9.17, 15) is 9.59 Å². The lowest BCUT2D eigenvalue weighted by molar-refractivity contribution is -0.122. The van der Waals surface area contributed by atoms with Gasteiger partial charge in [-0.1, -0.05) is 6.07 Å². The first-order valence-electron chi connectivity index (χ1n) is 5.52. The van der Waals surface area contributed by atoms with E-state index in [4.69, 9.17) is 4.74 Å². The summed E-state index contributed by atoms with van der Waals surface area (Å²) in [5, 5.41) is 0. The number of fused-ring (bicyclic) bond motifs is 1. The van der Waals surface area contributed by atoms with Gasteiger partial charge in [-0.3, -0.25) is 9.59 Å². The fourth-order valence-corrected chi connectivity index (χ4v) is 2.34. The number of carbonyl (C=O) groups excluding carboxylic acids is 2. The highest BCUT2D eigenvalue weighted by Gasteiger charge is 2.36. The van der Waals surface area contributed by atoms with Gasteiger partial charge in [0.2, 0.25) is 5.91 Å². The van der Waals surface area contributed by atoms with E-state index in [-0.39, 0.29) is 11.7 Å². The summed E-state index contributed by atoms with van der Waals surface area (Å²) in [6.07, 6.45) is 0.536. The van der Waals surface area contributed by atoms with E-state index in [1.54, 1.807) is 12.0 Å². The number of ketones is 1. The Hall–Kier alpha value is -1.84. The Morgan fingerprint density at radius 2 is 2.06 bits per heavy atom. The lowest BCUT2D eigenvalue weighted by Gasteiger charge is -2.21. The molecule has 90 valence electrons. The number of benzene rings is 1. The summed E-state index contributed by atoms with van der Waals surface area (Å²) in [5.41, 5.74) is 1.72. The molecule has 0 aliphatic carbocycles. The van der Waals surface area contributed by atoms with Crippen molar-refractivity contribution in [2.45, 2.75) is 26.3 Å². The molecule has 0 fully saturated rings. The smallest absolute Gasteiger partial charge is 0.224 e. The van der Waals surface area contributed by atoms with Gasteiger partial charge in [-0.15, -0.1) is 0 Å². The molecule has 0 N–H and O–H groups in total. The number of hydrogen-bond acceptors (Lipinski definition) is 3. The summed E-state index contributed by atoms with van der Waals surface area (Å²) < 4.78 is 5.26. The molecule has 2 rings (SSSR count). The molecule has 4 nitrogen and oxygen atoms in total. The van der Waals surface area contributed by atoms with Crippen molar-refractivity contribution in [3.63, 3.8) is 0 Å². The zero-order valence-electron chi connectivity index (χ0n) is 10.2. The van der Waals surface area contributed by atoms with Crippen LogP contribution in [0.5, 0.6) is 5.75 Å². The van der Waals surface area contributed by atoms with Crippen LogP contribution in [-0.4, -0.2) is 24.8 Å². The molecule has 17 heavy (non-hydrogen) atoms. The summed E-state index contributed by atoms with van der Waals surface area (Å²) in [4.78, 5) is 24.8. The molecule has 1 atom stereocenters. The third-order valence-electron chi connectivity index (χ3n) is 3.11. The molecule has 1 aromatic rings. The zero-order valence-corrected chi connectivity index (χ0v) is 10.2. The molecule has 1 unspecified atom stereocenters. The SMILES string of the molecule is COc1cccc2c1CC(C(C)=O)N2C(C)=O. The van der Waals surface area contributed by atoms with Crippen LogP contribution in [0, 0.1) is 0 Å². The Labute approximate surface area is 100 Å². The van der Waals surface area contributed by atoms with Crippen molar-refractivity contribution >= 4 is 17.4 Å². The van der Waals surface area contributed by atoms with Crippen LogP contribution in [-0.2, 0) is 16.0 Å². The van der Waals surface area contributed by atoms with Gasteiger partial charge in [0.1, 0.15) is 5.75 Å². The van der Waals surface area contributed by atoms with Gasteiger partial charge in [0, 0.05) is 18.9 Å². The number of amides is 1. The predicted octanol–water partition coefficient (Wildman–Crippen LogP) is 1.56. The maximum Gasteiger partial charge on any atom is 0.224 e. The molecule has 0 radical (unpaired) electrons. The van der Waals surface area contributed by atoms with Crippen LogP contribution in [0.3, 0.4) is 0 Å². The van der Waals surface area contributed by atoms with Gasteiger partial charge in [-0.25, -0.2) is 0 Å². The standard InChI is InChI=1S/C13H15NO3/c1-8(15)12-7-10-11(14(12)9(2)16)5-4-6-13(10)17-3/h4-6,12H,7H2,1-3H3. The minimum absolute atomic E-state index is 0.00143. The van der Waals surface area contributed by atoms with Crippen molar-refractivity contribution in [2.24, 2.45) is 0 Å². The predicted molar refractivity (Wildman–Crippen MR) is 64.3 cm³/mol. The number of ether oxygens (including phenoxy) is 1. The van der Waals surface area contributed by atoms with E-state index >= 15 is 0 Å². The number of hydrogen-bond donors (Lipinski definition) is 0. The second-order valence-electron chi connectivity index (χ2n) is 4.18. The lowest BCUT2D eigenvalue weighted by Crippen LogP contribution is -2.40. The third-order valence-corrected chi connectivity index (χ3v) is 3.11. The Bertz CT molecular complexity index is 482. The number of carbonyl (C=O) groups is 2. The number of rotatable bonds is 2. The molecule has 1 aliphatic rings. The van der Waals surface area contributed by atoms with E-state index in [1.165, 1.54) is 13.8 Å². The minimum Gasteiger partial charge on any atom is -0.496 e. The second-order valence-corrected chi connectivity index (χ2v) is 4.18. The molecule has 1 aromatic carbocycles. The molecule has 0 bridgehead atoms. The van der Waals surface area contributed by atoms with Gasteiger partial charge in [0.25, 0.3) is 0 Å². The monoisotopic (exact) mass is 233 g/mol. The first kappa shape index (κ1) is 11.6. The number of Topliss-reactive ketones (excluding diaryl/α,β-unsaturated/α-hetero) is 1. The van der Waals surface area contributed by atoms with Crippen LogP contribution in [0.1, 0.15) is 19.4 Å². The Kier molecular flexibility index (Phi) is 2.88. The topological polar surface area (TPSA) is 46.6 Å². The van der Waals surface area contributed by atoms with Crippen LogP contribution in [0.25, 0.3) is 0 Å². The summed E-state index contributed by atoms with van der Waals surface area (Å²) in [7, 11) is 1.59. The van der Waals surface area contributed by atoms with Crippen LogP contribution in [0.2, 0.25) is 0 Å². The maximum absolute atomic E-state index is 11.7. The molecule has 0 saturated heterocycles. The Morgan fingerprint density at radius 3 is 2.59 bits per heavy atom. The number of nitrogens with zero attached hydrogens (tertiary/aromatic N) is 1. The van der Waals surface area contributed by atoms with E-state index < -0.39 is 6.04 Å². The van der Waals surface area contributed by atoms with E-state index in [0.717, 1.165) is 17.0 Å². The third kappa shape index (κ3) is 1.79. The quantitative estimate of drug-likeness (QED) is 0.778.